The van der Waals surface area contributed by atoms with Gasteiger partial charge in [-0.15, -0.1) is 0 Å². The summed E-state index contributed by atoms with van der Waals surface area (Å²) in [4.78, 5) is 0. The maximum atomic E-state index is 5.41. The molecule has 3 nitrogen and oxygen atoms in total. The third kappa shape index (κ3) is 1.09. The van der Waals surface area contributed by atoms with Crippen LogP contribution in [0.25, 0.3) is 0 Å². The molecular weight excluding hydrogens is 242 g/mol. The van der Waals surface area contributed by atoms with Crippen molar-refractivity contribution in [2.75, 3.05) is 19.8 Å². The zero-order chi connectivity index (χ0) is 7.03. The van der Waals surface area contributed by atoms with Gasteiger partial charge in [0.1, 0.15) is 0 Å². The molecule has 3 saturated heterocycles. The number of fused-ring (bicyclic) bond motifs is 3. The topological polar surface area (TPSA) is 27.7 Å². The first-order valence-corrected chi connectivity index (χ1v) is 6.66. The zero-order valence-electron chi connectivity index (χ0n) is 6.00. The van der Waals surface area contributed by atoms with Crippen LogP contribution in [0.3, 0.4) is 0 Å². The summed E-state index contributed by atoms with van der Waals surface area (Å²) in [7, 11) is 0. The van der Waals surface area contributed by atoms with Gasteiger partial charge >= 0.3 is 69.1 Å². The Balaban J connectivity index is 2.08. The molecule has 0 saturated carbocycles. The normalized spacial score (nSPS) is 30.9. The van der Waals surface area contributed by atoms with Crippen molar-refractivity contribution in [3.05, 3.63) is 0 Å². The van der Waals surface area contributed by atoms with E-state index in [2.05, 4.69) is 6.92 Å². The number of hydrogen-bond donors (Lipinski definition) is 0. The Labute approximate surface area is 69.3 Å². The van der Waals surface area contributed by atoms with Crippen LogP contribution in [0.2, 0.25) is 0 Å². The predicted molar refractivity (Wildman–Crippen MR) is 36.3 cm³/mol. The Kier molecular flexibility index (Phi) is 1.93. The van der Waals surface area contributed by atoms with Crippen molar-refractivity contribution in [3.8, 4) is 0 Å². The van der Waals surface area contributed by atoms with Crippen molar-refractivity contribution in [2.24, 2.45) is 5.41 Å². The van der Waals surface area contributed by atoms with Crippen molar-refractivity contribution >= 4 is 21.5 Å². The van der Waals surface area contributed by atoms with Gasteiger partial charge in [0, 0.05) is 0 Å². The van der Waals surface area contributed by atoms with Crippen LogP contribution in [0.15, 0.2) is 0 Å². The second-order valence-corrected chi connectivity index (χ2v) is 6.38. The molecule has 0 atom stereocenters. The Morgan fingerprint density at radius 3 is 2.00 bits per heavy atom. The van der Waals surface area contributed by atoms with Crippen molar-refractivity contribution in [1.29, 1.82) is 0 Å². The van der Waals surface area contributed by atoms with Crippen LogP contribution in [-0.4, -0.2) is 41.3 Å². The summed E-state index contributed by atoms with van der Waals surface area (Å²) in [5.74, 6) is 0. The van der Waals surface area contributed by atoms with Crippen molar-refractivity contribution in [3.63, 3.8) is 0 Å². The average Bonchev–Trinajstić information content (AvgIpc) is 2.08. The molecule has 3 heterocycles. The summed E-state index contributed by atoms with van der Waals surface area (Å²) in [5, 5.41) is 0. The van der Waals surface area contributed by atoms with E-state index in [-0.39, 0.29) is 5.41 Å². The minimum atomic E-state index is -1.99. The van der Waals surface area contributed by atoms with Gasteiger partial charge in [-0.1, -0.05) is 0 Å². The molecule has 58 valence electrons. The Hall–Kier alpha value is 0.698. The van der Waals surface area contributed by atoms with E-state index < -0.39 is 21.5 Å². The third-order valence-electron chi connectivity index (χ3n) is 2.18. The van der Waals surface area contributed by atoms with Crippen LogP contribution in [0.1, 0.15) is 13.3 Å². The summed E-state index contributed by atoms with van der Waals surface area (Å²) in [5.41, 5.74) is 0.207. The predicted octanol–water partition coefficient (Wildman–Crippen LogP) is 0.445. The summed E-state index contributed by atoms with van der Waals surface area (Å²) in [6, 6.07) is 0. The van der Waals surface area contributed by atoms with E-state index in [1.807, 2.05) is 0 Å². The molecule has 0 aromatic heterocycles. The number of hydrogen-bond acceptors (Lipinski definition) is 3. The second-order valence-electron chi connectivity index (χ2n) is 2.90. The molecule has 4 heteroatoms. The molecule has 10 heavy (non-hydrogen) atoms. The van der Waals surface area contributed by atoms with Gasteiger partial charge in [-0.25, -0.2) is 0 Å². The molecule has 0 N–H and O–H groups in total. The van der Waals surface area contributed by atoms with E-state index in [0.717, 1.165) is 26.2 Å². The molecule has 2 bridgehead atoms. The average molecular weight is 253 g/mol. The Morgan fingerprint density at radius 2 is 1.70 bits per heavy atom. The van der Waals surface area contributed by atoms with Crippen LogP contribution in [-0.2, 0) is 9.05 Å². The van der Waals surface area contributed by atoms with Gasteiger partial charge in [-0.3, -0.25) is 0 Å². The summed E-state index contributed by atoms with van der Waals surface area (Å²) < 4.78 is 16.2. The van der Waals surface area contributed by atoms with Gasteiger partial charge in [0.05, 0.1) is 0 Å². The van der Waals surface area contributed by atoms with Crippen molar-refractivity contribution < 1.29 is 9.05 Å². The quantitative estimate of drug-likeness (QED) is 0.635. The van der Waals surface area contributed by atoms with Gasteiger partial charge in [-0.05, 0) is 0 Å². The van der Waals surface area contributed by atoms with Gasteiger partial charge in [0.15, 0.2) is 0 Å². The molecule has 0 aromatic rings. The van der Waals surface area contributed by atoms with Crippen LogP contribution in [0.4, 0.5) is 0 Å². The molecule has 3 aliphatic rings. The Bertz CT molecular complexity index is 117. The zero-order valence-corrected chi connectivity index (χ0v) is 8.55. The summed E-state index contributed by atoms with van der Waals surface area (Å²) >= 11 is -1.99. The molecule has 0 aromatic carbocycles. The van der Waals surface area contributed by atoms with E-state index in [1.54, 1.807) is 0 Å². The SMILES string of the molecule is CCC12C[O][Sb]([O]C1)[O]C2. The summed E-state index contributed by atoms with van der Waals surface area (Å²) in [6.07, 6.45) is 1.10. The van der Waals surface area contributed by atoms with E-state index in [0.29, 0.717) is 0 Å². The van der Waals surface area contributed by atoms with E-state index in [1.165, 1.54) is 0 Å². The Morgan fingerprint density at radius 1 is 1.20 bits per heavy atom. The fourth-order valence-electron chi connectivity index (χ4n) is 1.11. The van der Waals surface area contributed by atoms with Crippen LogP contribution in [0, 0.1) is 5.41 Å². The van der Waals surface area contributed by atoms with Crippen molar-refractivity contribution in [1.82, 2.24) is 0 Å². The fourth-order valence-corrected chi connectivity index (χ4v) is 5.00. The molecule has 0 unspecified atom stereocenters. The molecular formula is C6H11O3Sb. The molecule has 0 radical (unpaired) electrons. The monoisotopic (exact) mass is 252 g/mol. The first-order chi connectivity index (χ1) is 4.85. The van der Waals surface area contributed by atoms with E-state index in [4.69, 9.17) is 9.05 Å². The molecule has 0 amide bonds. The van der Waals surface area contributed by atoms with E-state index in [9.17, 15) is 0 Å². The second kappa shape index (κ2) is 2.63. The van der Waals surface area contributed by atoms with Gasteiger partial charge in [0.2, 0.25) is 0 Å². The van der Waals surface area contributed by atoms with Crippen LogP contribution in [0.5, 0.6) is 0 Å². The first kappa shape index (κ1) is 7.35. The van der Waals surface area contributed by atoms with Gasteiger partial charge < -0.3 is 0 Å². The molecule has 3 aliphatic heterocycles. The fraction of sp³-hybridized carbons (Fsp3) is 1.00. The third-order valence-corrected chi connectivity index (χ3v) is 5.09. The van der Waals surface area contributed by atoms with Gasteiger partial charge in [-0.2, -0.15) is 0 Å². The van der Waals surface area contributed by atoms with Crippen LogP contribution >= 0.6 is 0 Å². The first-order valence-electron chi connectivity index (χ1n) is 3.54. The van der Waals surface area contributed by atoms with Crippen LogP contribution < -0.4 is 0 Å². The molecule has 0 aliphatic carbocycles. The molecule has 3 fully saturated rings. The summed E-state index contributed by atoms with van der Waals surface area (Å²) in [6.45, 7) is 4.80. The van der Waals surface area contributed by atoms with Crippen molar-refractivity contribution in [2.45, 2.75) is 13.3 Å². The number of rotatable bonds is 1. The van der Waals surface area contributed by atoms with E-state index >= 15 is 0 Å². The minimum absolute atomic E-state index is 0.207. The molecule has 3 rings (SSSR count). The molecule has 0 spiro atoms. The maximum absolute atomic E-state index is 5.41. The van der Waals surface area contributed by atoms with Gasteiger partial charge in [0.25, 0.3) is 0 Å². The standard InChI is InChI=1S/C6H11O3.Sb/c1-2-6(3-7,4-8)5-9;/h2-5H2,1H3;/q-3;+3.